The molecule has 28 heavy (non-hydrogen) atoms. The molecular weight excluding hydrogens is 350 g/mol. The highest BCUT2D eigenvalue weighted by molar-refractivity contribution is 5.92. The Hall–Kier alpha value is -2.63. The molecule has 2 N–H and O–H groups in total. The Bertz CT molecular complexity index is 955. The second-order valence-corrected chi connectivity index (χ2v) is 8.20. The molecule has 0 spiro atoms. The number of carbonyl (C=O) groups excluding carboxylic acids is 1. The van der Waals surface area contributed by atoms with Gasteiger partial charge in [0, 0.05) is 24.9 Å². The first-order valence-corrected chi connectivity index (χ1v) is 10.6. The molecule has 0 bridgehead atoms. The van der Waals surface area contributed by atoms with E-state index in [1.54, 1.807) is 6.20 Å². The number of aryl methyl sites for hydroxylation is 1. The number of benzene rings is 1. The molecule has 0 radical (unpaired) electrons. The lowest BCUT2D eigenvalue weighted by atomic mass is 9.85. The highest BCUT2D eigenvalue weighted by Gasteiger charge is 2.28. The molecule has 1 saturated carbocycles. The number of rotatable bonds is 3. The van der Waals surface area contributed by atoms with Gasteiger partial charge in [0.1, 0.15) is 17.3 Å². The van der Waals surface area contributed by atoms with Crippen LogP contribution in [0.15, 0.2) is 30.5 Å². The Morgan fingerprint density at radius 1 is 1.14 bits per heavy atom. The summed E-state index contributed by atoms with van der Waals surface area (Å²) in [5, 5.41) is 3.28. The van der Waals surface area contributed by atoms with Crippen LogP contribution in [0.1, 0.15) is 73.0 Å². The van der Waals surface area contributed by atoms with Gasteiger partial charge in [-0.2, -0.15) is 0 Å². The van der Waals surface area contributed by atoms with Gasteiger partial charge in [-0.3, -0.25) is 4.79 Å². The van der Waals surface area contributed by atoms with Gasteiger partial charge in [-0.15, -0.1) is 0 Å². The van der Waals surface area contributed by atoms with Gasteiger partial charge >= 0.3 is 0 Å². The molecule has 3 heterocycles. The maximum absolute atomic E-state index is 12.9. The molecular formula is C22H27N5O. The van der Waals surface area contributed by atoms with E-state index < -0.39 is 0 Å². The largest absolute Gasteiger partial charge is 0.348 e. The molecule has 2 aliphatic rings. The van der Waals surface area contributed by atoms with E-state index >= 15 is 0 Å². The first-order valence-electron chi connectivity index (χ1n) is 10.6. The lowest BCUT2D eigenvalue weighted by Crippen LogP contribution is -2.39. The van der Waals surface area contributed by atoms with Gasteiger partial charge in [0.15, 0.2) is 0 Å². The third-order valence-corrected chi connectivity index (χ3v) is 6.26. The van der Waals surface area contributed by atoms with Gasteiger partial charge in [-0.25, -0.2) is 9.97 Å². The monoisotopic (exact) mass is 377 g/mol. The van der Waals surface area contributed by atoms with E-state index in [2.05, 4.69) is 25.9 Å². The Morgan fingerprint density at radius 3 is 3.00 bits per heavy atom. The van der Waals surface area contributed by atoms with Crippen LogP contribution in [0.2, 0.25) is 0 Å². The lowest BCUT2D eigenvalue weighted by Gasteiger charge is -2.28. The van der Waals surface area contributed by atoms with Crippen LogP contribution in [0.3, 0.4) is 0 Å². The Morgan fingerprint density at radius 2 is 2.07 bits per heavy atom. The van der Waals surface area contributed by atoms with Crippen LogP contribution in [0.25, 0.3) is 11.0 Å². The minimum absolute atomic E-state index is 0.0240. The van der Waals surface area contributed by atoms with Crippen molar-refractivity contribution in [2.45, 2.75) is 69.9 Å². The van der Waals surface area contributed by atoms with Gasteiger partial charge in [0.2, 0.25) is 0 Å². The lowest BCUT2D eigenvalue weighted by molar-refractivity contribution is 0.0914. The fourth-order valence-electron chi connectivity index (χ4n) is 4.77. The number of H-pyrrole nitrogens is 1. The van der Waals surface area contributed by atoms with Gasteiger partial charge < -0.3 is 14.9 Å². The summed E-state index contributed by atoms with van der Waals surface area (Å²) < 4.78 is 2.13. The summed E-state index contributed by atoms with van der Waals surface area (Å²) in [4.78, 5) is 25.7. The highest BCUT2D eigenvalue weighted by Crippen LogP contribution is 2.32. The summed E-state index contributed by atoms with van der Waals surface area (Å²) in [6.07, 6.45) is 10.4. The number of imidazole rings is 2. The van der Waals surface area contributed by atoms with E-state index in [9.17, 15) is 4.79 Å². The van der Waals surface area contributed by atoms with Crippen molar-refractivity contribution >= 4 is 16.9 Å². The highest BCUT2D eigenvalue weighted by atomic mass is 16.2. The van der Waals surface area contributed by atoms with Crippen LogP contribution in [-0.2, 0) is 13.0 Å². The van der Waals surface area contributed by atoms with Crippen LogP contribution in [-0.4, -0.2) is 31.5 Å². The van der Waals surface area contributed by atoms with Gasteiger partial charge in [-0.1, -0.05) is 25.0 Å². The van der Waals surface area contributed by atoms with Crippen molar-refractivity contribution < 1.29 is 4.79 Å². The molecule has 5 rings (SSSR count). The third kappa shape index (κ3) is 3.32. The summed E-state index contributed by atoms with van der Waals surface area (Å²) in [6, 6.07) is 8.35. The molecule has 6 nitrogen and oxygen atoms in total. The summed E-state index contributed by atoms with van der Waals surface area (Å²) in [6.45, 7) is 0.907. The van der Waals surface area contributed by atoms with Gasteiger partial charge in [0.25, 0.3) is 5.91 Å². The average Bonchev–Trinajstić information content (AvgIpc) is 3.26. The van der Waals surface area contributed by atoms with Crippen molar-refractivity contribution in [1.29, 1.82) is 0 Å². The fraction of sp³-hybridized carbons (Fsp3) is 0.500. The number of para-hydroxylation sites is 2. The normalized spacial score (nSPS) is 22.6. The van der Waals surface area contributed by atoms with Crippen molar-refractivity contribution in [2.75, 3.05) is 0 Å². The number of hydrogen-bond donors (Lipinski definition) is 2. The summed E-state index contributed by atoms with van der Waals surface area (Å²) in [5.74, 6) is 2.51. The topological polar surface area (TPSA) is 75.6 Å². The van der Waals surface area contributed by atoms with Gasteiger partial charge in [-0.05, 0) is 44.2 Å². The molecule has 146 valence electrons. The Kier molecular flexibility index (Phi) is 4.63. The summed E-state index contributed by atoms with van der Waals surface area (Å²) in [5.41, 5.74) is 2.83. The Labute approximate surface area is 164 Å². The fourth-order valence-corrected chi connectivity index (χ4v) is 4.77. The second-order valence-electron chi connectivity index (χ2n) is 8.20. The van der Waals surface area contributed by atoms with Crippen LogP contribution >= 0.6 is 0 Å². The molecule has 1 amide bonds. The zero-order valence-electron chi connectivity index (χ0n) is 16.2. The zero-order valence-corrected chi connectivity index (χ0v) is 16.2. The number of aromatic amines is 1. The molecule has 0 saturated heterocycles. The van der Waals surface area contributed by atoms with E-state index in [1.165, 1.54) is 12.8 Å². The standard InChI is InChI=1S/C22H27N5O/c28-22(19-14-23-20-11-2-1-5-12-27(19)20)24-16-8-6-7-15(13-16)21-25-17-9-3-4-10-18(17)26-21/h3-4,9-10,14-16H,1-2,5-8,11-13H2,(H,24,28)(H,25,26). The molecule has 1 aliphatic heterocycles. The van der Waals surface area contributed by atoms with Crippen molar-refractivity contribution in [3.8, 4) is 0 Å². The van der Waals surface area contributed by atoms with E-state index in [1.807, 2.05) is 18.2 Å². The molecule has 2 unspecified atom stereocenters. The summed E-state index contributed by atoms with van der Waals surface area (Å²) in [7, 11) is 0. The van der Waals surface area contributed by atoms with Crippen molar-refractivity contribution in [1.82, 2.24) is 24.8 Å². The number of fused-ring (bicyclic) bond motifs is 2. The minimum Gasteiger partial charge on any atom is -0.348 e. The SMILES string of the molecule is O=C(NC1CCCC(c2nc3ccccc3[nH]2)C1)c1cnc2n1CCCCC2. The van der Waals surface area contributed by atoms with Crippen molar-refractivity contribution in [3.05, 3.63) is 47.8 Å². The van der Waals surface area contributed by atoms with E-state index in [0.29, 0.717) is 5.92 Å². The third-order valence-electron chi connectivity index (χ3n) is 6.26. The number of amides is 1. The molecule has 1 aromatic carbocycles. The molecule has 2 atom stereocenters. The van der Waals surface area contributed by atoms with Gasteiger partial charge in [0.05, 0.1) is 17.2 Å². The maximum atomic E-state index is 12.9. The number of carbonyl (C=O) groups is 1. The smallest absolute Gasteiger partial charge is 0.269 e. The number of nitrogens with one attached hydrogen (secondary N) is 2. The van der Waals surface area contributed by atoms with E-state index in [4.69, 9.17) is 4.98 Å². The molecule has 2 aromatic heterocycles. The van der Waals surface area contributed by atoms with E-state index in [-0.39, 0.29) is 11.9 Å². The van der Waals surface area contributed by atoms with Crippen LogP contribution < -0.4 is 5.32 Å². The first kappa shape index (κ1) is 17.5. The zero-order chi connectivity index (χ0) is 18.9. The second kappa shape index (κ2) is 7.41. The number of hydrogen-bond acceptors (Lipinski definition) is 3. The first-order chi connectivity index (χ1) is 13.8. The quantitative estimate of drug-likeness (QED) is 0.726. The number of aromatic nitrogens is 4. The molecule has 1 aliphatic carbocycles. The predicted octanol–water partition coefficient (Wildman–Crippen LogP) is 3.94. The van der Waals surface area contributed by atoms with Crippen LogP contribution in [0.4, 0.5) is 0 Å². The van der Waals surface area contributed by atoms with E-state index in [0.717, 1.165) is 73.4 Å². The van der Waals surface area contributed by atoms with Crippen molar-refractivity contribution in [2.24, 2.45) is 0 Å². The van der Waals surface area contributed by atoms with Crippen molar-refractivity contribution in [3.63, 3.8) is 0 Å². The average molecular weight is 377 g/mol. The Balaban J connectivity index is 1.29. The predicted molar refractivity (Wildman–Crippen MR) is 108 cm³/mol. The van der Waals surface area contributed by atoms with Crippen LogP contribution in [0.5, 0.6) is 0 Å². The summed E-state index contributed by atoms with van der Waals surface area (Å²) >= 11 is 0. The number of nitrogens with zero attached hydrogens (tertiary/aromatic N) is 3. The molecule has 1 fully saturated rings. The molecule has 3 aromatic rings. The maximum Gasteiger partial charge on any atom is 0.269 e. The molecule has 6 heteroatoms. The van der Waals surface area contributed by atoms with Crippen LogP contribution in [0, 0.1) is 0 Å². The minimum atomic E-state index is 0.0240.